The van der Waals surface area contributed by atoms with Crippen LogP contribution in [0.15, 0.2) is 6.20 Å². The van der Waals surface area contributed by atoms with Gasteiger partial charge in [-0.3, -0.25) is 4.68 Å². The molecule has 1 heterocycles. The first-order valence-corrected chi connectivity index (χ1v) is 3.68. The number of aryl methyl sites for hydroxylation is 1. The smallest absolute Gasteiger partial charge is 0.0820 e. The predicted molar refractivity (Wildman–Crippen MR) is 42.3 cm³/mol. The minimum Gasteiger partial charge on any atom is -0.271 e. The fourth-order valence-electron chi connectivity index (χ4n) is 1.07. The second-order valence-corrected chi connectivity index (χ2v) is 3.06. The molecule has 0 fully saturated rings. The van der Waals surface area contributed by atoms with E-state index in [1.165, 1.54) is 0 Å². The lowest BCUT2D eigenvalue weighted by Gasteiger charge is -2.04. The Hall–Kier alpha value is -0.500. The van der Waals surface area contributed by atoms with Crippen molar-refractivity contribution in [3.8, 4) is 0 Å². The molecule has 0 saturated heterocycles. The summed E-state index contributed by atoms with van der Waals surface area (Å²) in [5.74, 6) is 0.444. The molecule has 0 radical (unpaired) electrons. The zero-order valence-electron chi connectivity index (χ0n) is 6.43. The van der Waals surface area contributed by atoms with E-state index in [-0.39, 0.29) is 0 Å². The first-order chi connectivity index (χ1) is 4.63. The predicted octanol–water partition coefficient (Wildman–Crippen LogP) is 2.20. The normalized spacial score (nSPS) is 10.9. The number of hydrogen-bond acceptors (Lipinski definition) is 1. The Labute approximate surface area is 65.8 Å². The second kappa shape index (κ2) is 2.62. The van der Waals surface area contributed by atoms with Crippen LogP contribution in [0.3, 0.4) is 0 Å². The van der Waals surface area contributed by atoms with Crippen LogP contribution in [0, 0.1) is 0 Å². The maximum atomic E-state index is 5.86. The molecule has 0 amide bonds. The van der Waals surface area contributed by atoms with Gasteiger partial charge >= 0.3 is 0 Å². The van der Waals surface area contributed by atoms with Gasteiger partial charge in [0.1, 0.15) is 0 Å². The molecule has 0 aromatic carbocycles. The maximum absolute atomic E-state index is 5.86. The highest BCUT2D eigenvalue weighted by Crippen LogP contribution is 2.22. The number of rotatable bonds is 1. The van der Waals surface area contributed by atoms with Crippen molar-refractivity contribution in [1.29, 1.82) is 0 Å². The third kappa shape index (κ3) is 1.16. The summed E-state index contributed by atoms with van der Waals surface area (Å²) in [6.07, 6.45) is 1.68. The Morgan fingerprint density at radius 2 is 2.20 bits per heavy atom. The van der Waals surface area contributed by atoms with E-state index in [9.17, 15) is 0 Å². The molecule has 3 heteroatoms. The van der Waals surface area contributed by atoms with Crippen molar-refractivity contribution in [3.05, 3.63) is 16.9 Å². The van der Waals surface area contributed by atoms with Crippen LogP contribution in [0.4, 0.5) is 0 Å². The largest absolute Gasteiger partial charge is 0.271 e. The van der Waals surface area contributed by atoms with Gasteiger partial charge in [0.15, 0.2) is 0 Å². The van der Waals surface area contributed by atoms with E-state index in [1.54, 1.807) is 6.20 Å². The van der Waals surface area contributed by atoms with Gasteiger partial charge in [0, 0.05) is 7.05 Å². The van der Waals surface area contributed by atoms with E-state index < -0.39 is 0 Å². The lowest BCUT2D eigenvalue weighted by atomic mass is 10.1. The van der Waals surface area contributed by atoms with Gasteiger partial charge in [-0.05, 0) is 5.92 Å². The molecule has 0 spiro atoms. The minimum absolute atomic E-state index is 0.444. The molecule has 0 aliphatic heterocycles. The Morgan fingerprint density at radius 1 is 1.60 bits per heavy atom. The number of nitrogens with zero attached hydrogens (tertiary/aromatic N) is 2. The first kappa shape index (κ1) is 7.61. The molecule has 2 nitrogen and oxygen atoms in total. The van der Waals surface area contributed by atoms with E-state index in [4.69, 9.17) is 11.6 Å². The molecular formula is C7H11ClN2. The molecule has 56 valence electrons. The van der Waals surface area contributed by atoms with Crippen molar-refractivity contribution in [2.24, 2.45) is 7.05 Å². The van der Waals surface area contributed by atoms with Crippen LogP contribution < -0.4 is 0 Å². The van der Waals surface area contributed by atoms with E-state index >= 15 is 0 Å². The van der Waals surface area contributed by atoms with Gasteiger partial charge in [-0.1, -0.05) is 25.4 Å². The van der Waals surface area contributed by atoms with Crippen molar-refractivity contribution >= 4 is 11.6 Å². The van der Waals surface area contributed by atoms with Crippen molar-refractivity contribution in [2.75, 3.05) is 0 Å². The topological polar surface area (TPSA) is 17.8 Å². The van der Waals surface area contributed by atoms with Gasteiger partial charge in [-0.25, -0.2) is 0 Å². The maximum Gasteiger partial charge on any atom is 0.0820 e. The molecule has 0 aliphatic carbocycles. The molecule has 1 aromatic rings. The molecule has 0 N–H and O–H groups in total. The summed E-state index contributed by atoms with van der Waals surface area (Å²) in [5.41, 5.74) is 1.10. The molecule has 0 atom stereocenters. The van der Waals surface area contributed by atoms with Gasteiger partial charge < -0.3 is 0 Å². The molecule has 0 saturated carbocycles. The monoisotopic (exact) mass is 158 g/mol. The van der Waals surface area contributed by atoms with Crippen LogP contribution in [0.1, 0.15) is 25.5 Å². The Morgan fingerprint density at radius 3 is 2.40 bits per heavy atom. The van der Waals surface area contributed by atoms with Crippen molar-refractivity contribution in [3.63, 3.8) is 0 Å². The summed E-state index contributed by atoms with van der Waals surface area (Å²) < 4.78 is 1.81. The van der Waals surface area contributed by atoms with Crippen LogP contribution in [0.2, 0.25) is 5.02 Å². The van der Waals surface area contributed by atoms with Gasteiger partial charge in [-0.2, -0.15) is 5.10 Å². The van der Waals surface area contributed by atoms with E-state index in [1.807, 2.05) is 11.7 Å². The molecule has 0 bridgehead atoms. The second-order valence-electron chi connectivity index (χ2n) is 2.66. The summed E-state index contributed by atoms with van der Waals surface area (Å²) in [6, 6.07) is 0. The molecular weight excluding hydrogens is 148 g/mol. The third-order valence-electron chi connectivity index (χ3n) is 1.48. The average molecular weight is 159 g/mol. The van der Waals surface area contributed by atoms with Crippen LogP contribution >= 0.6 is 11.6 Å². The molecule has 0 unspecified atom stereocenters. The summed E-state index contributed by atoms with van der Waals surface area (Å²) in [7, 11) is 1.90. The van der Waals surface area contributed by atoms with Gasteiger partial charge in [0.05, 0.1) is 16.9 Å². The zero-order valence-corrected chi connectivity index (χ0v) is 7.18. The first-order valence-electron chi connectivity index (χ1n) is 3.30. The van der Waals surface area contributed by atoms with Crippen molar-refractivity contribution in [2.45, 2.75) is 19.8 Å². The number of hydrogen-bond donors (Lipinski definition) is 0. The fraction of sp³-hybridized carbons (Fsp3) is 0.571. The van der Waals surface area contributed by atoms with Crippen LogP contribution in [0.25, 0.3) is 0 Å². The highest BCUT2D eigenvalue weighted by Gasteiger charge is 2.08. The van der Waals surface area contributed by atoms with Crippen molar-refractivity contribution < 1.29 is 0 Å². The van der Waals surface area contributed by atoms with Crippen LogP contribution in [-0.4, -0.2) is 9.78 Å². The third-order valence-corrected chi connectivity index (χ3v) is 1.78. The highest BCUT2D eigenvalue weighted by molar-refractivity contribution is 6.31. The van der Waals surface area contributed by atoms with Crippen molar-refractivity contribution in [1.82, 2.24) is 9.78 Å². The zero-order chi connectivity index (χ0) is 7.72. The summed E-state index contributed by atoms with van der Waals surface area (Å²) >= 11 is 5.86. The standard InChI is InChI=1S/C7H11ClN2/c1-5(2)7-6(8)4-9-10(7)3/h4-5H,1-3H3. The lowest BCUT2D eigenvalue weighted by molar-refractivity contribution is 0.669. The Kier molecular flexibility index (Phi) is 2.00. The Balaban J connectivity index is 3.10. The number of halogens is 1. The van der Waals surface area contributed by atoms with E-state index in [2.05, 4.69) is 18.9 Å². The number of aromatic nitrogens is 2. The van der Waals surface area contributed by atoms with E-state index in [0.717, 1.165) is 10.7 Å². The quantitative estimate of drug-likeness (QED) is 0.613. The highest BCUT2D eigenvalue weighted by atomic mass is 35.5. The van der Waals surface area contributed by atoms with Gasteiger partial charge in [0.25, 0.3) is 0 Å². The summed E-state index contributed by atoms with van der Waals surface area (Å²) in [6.45, 7) is 4.20. The van der Waals surface area contributed by atoms with Gasteiger partial charge in [0.2, 0.25) is 0 Å². The Bertz CT molecular complexity index is 208. The SMILES string of the molecule is CC(C)c1c(Cl)cnn1C. The summed E-state index contributed by atoms with van der Waals surface area (Å²) in [5, 5.41) is 4.78. The molecule has 0 aliphatic rings. The van der Waals surface area contributed by atoms with Crippen LogP contribution in [0.5, 0.6) is 0 Å². The van der Waals surface area contributed by atoms with Crippen LogP contribution in [-0.2, 0) is 7.05 Å². The summed E-state index contributed by atoms with van der Waals surface area (Å²) in [4.78, 5) is 0. The fourth-order valence-corrected chi connectivity index (χ4v) is 1.45. The minimum atomic E-state index is 0.444. The van der Waals surface area contributed by atoms with E-state index in [0.29, 0.717) is 5.92 Å². The van der Waals surface area contributed by atoms with Gasteiger partial charge in [-0.15, -0.1) is 0 Å². The lowest BCUT2D eigenvalue weighted by Crippen LogP contribution is -1.99. The molecule has 1 aromatic heterocycles. The molecule has 10 heavy (non-hydrogen) atoms. The average Bonchev–Trinajstić information content (AvgIpc) is 2.11. The molecule has 1 rings (SSSR count).